The maximum absolute atomic E-state index is 12.7. The number of carbonyl (C=O) groups excluding carboxylic acids is 2. The topological polar surface area (TPSA) is 119 Å². The van der Waals surface area contributed by atoms with Crippen LogP contribution in [0.25, 0.3) is 0 Å². The van der Waals surface area contributed by atoms with Crippen molar-refractivity contribution < 1.29 is 24.2 Å². The summed E-state index contributed by atoms with van der Waals surface area (Å²) < 4.78 is 5.97. The van der Waals surface area contributed by atoms with Gasteiger partial charge >= 0.3 is 11.9 Å². The highest BCUT2D eigenvalue weighted by Crippen LogP contribution is 2.17. The Bertz CT molecular complexity index is 817. The smallest absolute Gasteiger partial charge is 0.326 e. The number of rotatable bonds is 40. The van der Waals surface area contributed by atoms with Crippen LogP contribution in [0, 0.1) is 0 Å². The molecule has 300 valence electrons. The van der Waals surface area contributed by atoms with Gasteiger partial charge in [-0.3, -0.25) is 9.59 Å². The first-order valence-corrected chi connectivity index (χ1v) is 22.0. The lowest BCUT2D eigenvalue weighted by atomic mass is 10.0. The fraction of sp³-hybridized carbons (Fsp3) is 0.886. The SMILES string of the molecule is CCCCCCCCC/C=C\C(CCCCCCCCC(=O)NC(CCCN)C(=O)O)OC(=O)CCCCCCCCCCCCCCCCC. The zero-order valence-corrected chi connectivity index (χ0v) is 33.7. The fourth-order valence-corrected chi connectivity index (χ4v) is 6.71. The second kappa shape index (κ2) is 39.3. The first-order chi connectivity index (χ1) is 24.9. The van der Waals surface area contributed by atoms with Crippen molar-refractivity contribution in [3.05, 3.63) is 12.2 Å². The molecule has 2 atom stereocenters. The number of nitrogens with two attached hydrogens (primary N) is 1. The van der Waals surface area contributed by atoms with Gasteiger partial charge in [-0.1, -0.05) is 174 Å². The zero-order valence-electron chi connectivity index (χ0n) is 33.7. The summed E-state index contributed by atoms with van der Waals surface area (Å²) in [5.74, 6) is -1.25. The predicted octanol–water partition coefficient (Wildman–Crippen LogP) is 12.3. The summed E-state index contributed by atoms with van der Waals surface area (Å²) in [4.78, 5) is 36.2. The van der Waals surface area contributed by atoms with Crippen LogP contribution in [0.15, 0.2) is 12.2 Å². The molecule has 2 unspecified atom stereocenters. The highest BCUT2D eigenvalue weighted by molar-refractivity contribution is 5.83. The van der Waals surface area contributed by atoms with Gasteiger partial charge in [0.1, 0.15) is 12.1 Å². The quantitative estimate of drug-likeness (QED) is 0.0329. The van der Waals surface area contributed by atoms with E-state index in [1.807, 2.05) is 0 Å². The molecule has 4 N–H and O–H groups in total. The predicted molar refractivity (Wildman–Crippen MR) is 216 cm³/mol. The number of unbranched alkanes of at least 4 members (excludes halogenated alkanes) is 26. The Labute approximate surface area is 315 Å². The van der Waals surface area contributed by atoms with Crippen molar-refractivity contribution in [1.82, 2.24) is 5.32 Å². The molecule has 0 aliphatic heterocycles. The molecule has 1 amide bonds. The molecule has 0 aliphatic rings. The van der Waals surface area contributed by atoms with Crippen molar-refractivity contribution in [1.29, 1.82) is 0 Å². The minimum Gasteiger partial charge on any atom is -0.480 e. The van der Waals surface area contributed by atoms with E-state index >= 15 is 0 Å². The summed E-state index contributed by atoms with van der Waals surface area (Å²) in [5, 5.41) is 11.9. The Hall–Kier alpha value is -1.89. The summed E-state index contributed by atoms with van der Waals surface area (Å²) in [6, 6.07) is -0.850. The Morgan fingerprint density at radius 1 is 0.569 bits per heavy atom. The molecule has 0 rings (SSSR count). The molecule has 51 heavy (non-hydrogen) atoms. The summed E-state index contributed by atoms with van der Waals surface area (Å²) in [7, 11) is 0. The van der Waals surface area contributed by atoms with E-state index in [-0.39, 0.29) is 18.0 Å². The van der Waals surface area contributed by atoms with Crippen LogP contribution >= 0.6 is 0 Å². The van der Waals surface area contributed by atoms with E-state index in [0.29, 0.717) is 32.2 Å². The summed E-state index contributed by atoms with van der Waals surface area (Å²) in [5.41, 5.74) is 5.47. The molecule has 0 fully saturated rings. The first-order valence-electron chi connectivity index (χ1n) is 22.0. The maximum atomic E-state index is 12.7. The van der Waals surface area contributed by atoms with Crippen LogP contribution in [-0.2, 0) is 19.1 Å². The average Bonchev–Trinajstić information content (AvgIpc) is 3.11. The highest BCUT2D eigenvalue weighted by atomic mass is 16.5. The van der Waals surface area contributed by atoms with Crippen molar-refractivity contribution in [2.75, 3.05) is 6.54 Å². The van der Waals surface area contributed by atoms with E-state index in [4.69, 9.17) is 10.5 Å². The third-order valence-electron chi connectivity index (χ3n) is 10.1. The molecule has 0 heterocycles. The van der Waals surface area contributed by atoms with Gasteiger partial charge in [-0.2, -0.15) is 0 Å². The zero-order chi connectivity index (χ0) is 37.5. The third-order valence-corrected chi connectivity index (χ3v) is 10.1. The number of ether oxygens (including phenoxy) is 1. The number of carboxylic acid groups (broad SMARTS) is 1. The van der Waals surface area contributed by atoms with E-state index in [1.165, 1.54) is 128 Å². The van der Waals surface area contributed by atoms with Crippen LogP contribution in [0.2, 0.25) is 0 Å². The van der Waals surface area contributed by atoms with E-state index < -0.39 is 12.0 Å². The number of hydrogen-bond acceptors (Lipinski definition) is 5. The summed E-state index contributed by atoms with van der Waals surface area (Å²) in [6.07, 6.45) is 42.7. The van der Waals surface area contributed by atoms with E-state index in [1.54, 1.807) is 0 Å². The lowest BCUT2D eigenvalue weighted by molar-refractivity contribution is -0.147. The monoisotopic (exact) mass is 721 g/mol. The Balaban J connectivity index is 4.24. The lowest BCUT2D eigenvalue weighted by Gasteiger charge is -2.15. The van der Waals surface area contributed by atoms with Gasteiger partial charge in [0.15, 0.2) is 0 Å². The molecule has 0 spiro atoms. The van der Waals surface area contributed by atoms with Crippen molar-refractivity contribution in [2.45, 2.75) is 244 Å². The number of esters is 1. The van der Waals surface area contributed by atoms with Gasteiger partial charge in [-0.15, -0.1) is 0 Å². The normalized spacial score (nSPS) is 12.7. The molecule has 0 saturated heterocycles. The standard InChI is InChI=1S/C44H84N2O5/c1-3-5-7-9-11-13-14-15-16-17-18-20-22-28-32-38-43(48)51-40(34-29-25-21-19-12-10-8-6-4-2)35-30-26-23-24-27-31-37-42(47)46-41(44(49)50)36-33-39-45/h29,34,40-41H,3-28,30-33,35-39,45H2,1-2H3,(H,46,47)(H,49,50)/b34-29-. The molecule has 0 aliphatic carbocycles. The Morgan fingerprint density at radius 2 is 1.00 bits per heavy atom. The lowest BCUT2D eigenvalue weighted by Crippen LogP contribution is -2.40. The first kappa shape index (κ1) is 49.1. The maximum Gasteiger partial charge on any atom is 0.326 e. The Morgan fingerprint density at radius 3 is 1.47 bits per heavy atom. The Kier molecular flexibility index (Phi) is 37.9. The molecular weight excluding hydrogens is 636 g/mol. The van der Waals surface area contributed by atoms with Gasteiger partial charge in [0.25, 0.3) is 0 Å². The molecule has 0 bridgehead atoms. The minimum absolute atomic E-state index is 0.0540. The largest absolute Gasteiger partial charge is 0.480 e. The number of carbonyl (C=O) groups is 3. The van der Waals surface area contributed by atoms with Gasteiger partial charge in [0, 0.05) is 12.8 Å². The second-order valence-corrected chi connectivity index (χ2v) is 15.1. The number of carboxylic acids is 1. The third kappa shape index (κ3) is 36.3. The van der Waals surface area contributed by atoms with Gasteiger partial charge in [0.05, 0.1) is 0 Å². The van der Waals surface area contributed by atoms with Crippen LogP contribution in [0.5, 0.6) is 0 Å². The fourth-order valence-electron chi connectivity index (χ4n) is 6.71. The van der Waals surface area contributed by atoms with Crippen molar-refractivity contribution >= 4 is 17.8 Å². The van der Waals surface area contributed by atoms with E-state index in [9.17, 15) is 19.5 Å². The van der Waals surface area contributed by atoms with E-state index in [0.717, 1.165) is 64.2 Å². The van der Waals surface area contributed by atoms with Gasteiger partial charge in [-0.25, -0.2) is 4.79 Å². The highest BCUT2D eigenvalue weighted by Gasteiger charge is 2.18. The average molecular weight is 721 g/mol. The van der Waals surface area contributed by atoms with Crippen LogP contribution in [0.1, 0.15) is 232 Å². The van der Waals surface area contributed by atoms with Gasteiger partial charge < -0.3 is 20.9 Å². The molecule has 0 aromatic carbocycles. The van der Waals surface area contributed by atoms with Crippen LogP contribution in [0.4, 0.5) is 0 Å². The van der Waals surface area contributed by atoms with Gasteiger partial charge in [0.2, 0.25) is 5.91 Å². The van der Waals surface area contributed by atoms with Crippen molar-refractivity contribution in [2.24, 2.45) is 5.73 Å². The number of amides is 1. The second-order valence-electron chi connectivity index (χ2n) is 15.1. The van der Waals surface area contributed by atoms with Crippen LogP contribution in [-0.4, -0.2) is 41.6 Å². The molecule has 0 saturated carbocycles. The molecular formula is C44H84N2O5. The van der Waals surface area contributed by atoms with Crippen LogP contribution < -0.4 is 11.1 Å². The molecule has 7 heteroatoms. The molecule has 0 aromatic rings. The number of nitrogens with one attached hydrogen (secondary N) is 1. The van der Waals surface area contributed by atoms with E-state index in [2.05, 4.69) is 31.3 Å². The van der Waals surface area contributed by atoms with Gasteiger partial charge in [-0.05, 0) is 64.0 Å². The number of hydrogen-bond donors (Lipinski definition) is 3. The molecule has 0 radical (unpaired) electrons. The summed E-state index contributed by atoms with van der Waals surface area (Å²) in [6.45, 7) is 4.95. The summed E-state index contributed by atoms with van der Waals surface area (Å²) >= 11 is 0. The minimum atomic E-state index is -1.00. The van der Waals surface area contributed by atoms with Crippen molar-refractivity contribution in [3.63, 3.8) is 0 Å². The molecule has 7 nitrogen and oxygen atoms in total. The molecule has 0 aromatic heterocycles. The van der Waals surface area contributed by atoms with Crippen molar-refractivity contribution in [3.8, 4) is 0 Å². The number of aliphatic carboxylic acids is 1. The van der Waals surface area contributed by atoms with Crippen LogP contribution in [0.3, 0.4) is 0 Å². The number of allylic oxidation sites excluding steroid dienone is 1.